The molecule has 0 bridgehead atoms. The second-order valence-electron chi connectivity index (χ2n) is 28.2. The molecule has 4 aromatic carbocycles. The molecule has 0 spiro atoms. The van der Waals surface area contributed by atoms with Gasteiger partial charge in [0, 0.05) is 75.8 Å². The summed E-state index contributed by atoms with van der Waals surface area (Å²) < 4.78 is 53.5. The number of ether oxygens (including phenoxy) is 8. The number of aromatic nitrogens is 6. The zero-order chi connectivity index (χ0) is 67.9. The number of carbonyl (C=O) groups excluding carboxylic acids is 4. The maximum atomic E-state index is 13.3. The Labute approximate surface area is 542 Å². The van der Waals surface area contributed by atoms with Crippen LogP contribution in [0.3, 0.4) is 0 Å². The Morgan fingerprint density at radius 2 is 0.967 bits per heavy atom. The van der Waals surface area contributed by atoms with Crippen molar-refractivity contribution in [1.29, 1.82) is 10.5 Å². The number of methoxy groups -OCH3 is 4. The normalized spacial score (nSPS) is 13.4. The number of aromatic amines is 2. The van der Waals surface area contributed by atoms with E-state index >= 15 is 0 Å². The van der Waals surface area contributed by atoms with E-state index in [9.17, 15) is 29.7 Å². The largest absolute Gasteiger partial charge is 0.496 e. The number of nitrogens with one attached hydrogen (secondary N) is 2. The lowest BCUT2D eigenvalue weighted by atomic mass is 9.85. The topological polar surface area (TPSA) is 239 Å². The Kier molecular flexibility index (Phi) is 22.5. The van der Waals surface area contributed by atoms with Crippen LogP contribution in [0.15, 0.2) is 73.1 Å². The van der Waals surface area contributed by atoms with E-state index in [2.05, 4.69) is 66.0 Å². The molecule has 0 saturated heterocycles. The van der Waals surface area contributed by atoms with Gasteiger partial charge in [0.05, 0.1) is 86.4 Å². The zero-order valence-electron chi connectivity index (χ0n) is 57.5. The number of nitrogens with zero attached hydrogens (tertiary/aromatic N) is 6. The molecule has 0 aliphatic rings. The minimum atomic E-state index is -1.34. The summed E-state index contributed by atoms with van der Waals surface area (Å²) in [7, 11) is 3.35. The van der Waals surface area contributed by atoms with E-state index < -0.39 is 63.2 Å². The molecule has 4 unspecified atom stereocenters. The van der Waals surface area contributed by atoms with Crippen molar-refractivity contribution in [2.24, 2.45) is 11.8 Å². The molecule has 4 aromatic heterocycles. The highest BCUT2D eigenvalue weighted by molar-refractivity contribution is 6.76. The summed E-state index contributed by atoms with van der Waals surface area (Å²) in [6, 6.07) is 25.1. The van der Waals surface area contributed by atoms with Gasteiger partial charge in [0.15, 0.2) is 35.5 Å². The summed E-state index contributed by atoms with van der Waals surface area (Å²) >= 11 is 0. The molecule has 0 amide bonds. The smallest absolute Gasteiger partial charge is 0.419 e. The fraction of sp³-hybridized carbons (Fsp3) is 0.486. The van der Waals surface area contributed by atoms with E-state index in [0.29, 0.717) is 59.7 Å². The van der Waals surface area contributed by atoms with Crippen molar-refractivity contribution in [2.45, 2.75) is 170 Å². The lowest BCUT2D eigenvalue weighted by molar-refractivity contribution is -0.716. The fourth-order valence-corrected chi connectivity index (χ4v) is 13.0. The van der Waals surface area contributed by atoms with Crippen molar-refractivity contribution in [3.8, 4) is 23.6 Å². The molecule has 4 heterocycles. The monoisotopic (exact) mass is 1290 g/mol. The first-order valence-electron chi connectivity index (χ1n) is 31.2. The molecule has 0 saturated carbocycles. The molecule has 0 radical (unpaired) electrons. The molecular formula is C70H94N8O12Si2+2. The maximum Gasteiger partial charge on any atom is 0.419 e. The first-order valence-corrected chi connectivity index (χ1v) is 38.6. The number of benzene rings is 4. The number of esters is 2. The summed E-state index contributed by atoms with van der Waals surface area (Å²) in [5.41, 5.74) is 7.66. The molecule has 0 aliphatic heterocycles. The van der Waals surface area contributed by atoms with Crippen LogP contribution in [0.5, 0.6) is 11.5 Å². The third-order valence-corrected chi connectivity index (χ3v) is 19.5. The van der Waals surface area contributed by atoms with E-state index in [4.69, 9.17) is 37.9 Å². The van der Waals surface area contributed by atoms with Crippen molar-refractivity contribution in [3.05, 3.63) is 118 Å². The SMILES string of the molecule is COC(=O)C(C)CC(c1c(OC)cc(C)c2c1ccn2C(=O)OC(C)(C)C)c1[nH]c2cc(C#N)ccc2[n+]1COCC[Si](C)(C)C.COC(=O)C(C)CC(c1c(OC)cc(C)c2c1ccn2C(=O)OC(C)(C)C)c1[nH]c2ccc(C#N)cc2[n+]1COCC[Si](C)(C)C. The van der Waals surface area contributed by atoms with Gasteiger partial charge >= 0.3 is 24.1 Å². The number of hydrogen-bond donors (Lipinski definition) is 2. The third-order valence-electron chi connectivity index (χ3n) is 16.1. The van der Waals surface area contributed by atoms with E-state index in [1.807, 2.05) is 122 Å². The molecule has 8 aromatic rings. The minimum absolute atomic E-state index is 0.244. The quantitative estimate of drug-likeness (QED) is 0.0211. The van der Waals surface area contributed by atoms with Crippen molar-refractivity contribution in [2.75, 3.05) is 41.7 Å². The van der Waals surface area contributed by atoms with Gasteiger partial charge in [-0.1, -0.05) is 53.1 Å². The number of carbonyl (C=O) groups is 4. The summed E-state index contributed by atoms with van der Waals surface area (Å²) in [6.45, 7) is 34.1. The van der Waals surface area contributed by atoms with E-state index in [1.165, 1.54) is 23.4 Å². The highest BCUT2D eigenvalue weighted by Gasteiger charge is 2.39. The Morgan fingerprint density at radius 1 is 0.565 bits per heavy atom. The van der Waals surface area contributed by atoms with Crippen LogP contribution < -0.4 is 18.6 Å². The number of hydrogen-bond acceptors (Lipinski definition) is 14. The highest BCUT2D eigenvalue weighted by Crippen LogP contribution is 2.45. The van der Waals surface area contributed by atoms with Crippen LogP contribution in [0.25, 0.3) is 43.9 Å². The summed E-state index contributed by atoms with van der Waals surface area (Å²) in [4.78, 5) is 59.6. The lowest BCUT2D eigenvalue weighted by Gasteiger charge is -2.23. The minimum Gasteiger partial charge on any atom is -0.496 e. The van der Waals surface area contributed by atoms with Crippen molar-refractivity contribution in [1.82, 2.24) is 19.1 Å². The van der Waals surface area contributed by atoms with Crippen LogP contribution in [-0.4, -0.2) is 112 Å². The molecule has 4 atom stereocenters. The number of fused-ring (bicyclic) bond motifs is 4. The van der Waals surface area contributed by atoms with Gasteiger partial charge in [0.1, 0.15) is 22.7 Å². The van der Waals surface area contributed by atoms with Crippen LogP contribution in [0.4, 0.5) is 9.59 Å². The number of nitriles is 2. The van der Waals surface area contributed by atoms with Gasteiger partial charge in [-0.25, -0.2) is 28.7 Å². The second-order valence-corrected chi connectivity index (χ2v) is 39.4. The third kappa shape index (κ3) is 16.9. The van der Waals surface area contributed by atoms with Crippen molar-refractivity contribution < 1.29 is 66.2 Å². The van der Waals surface area contributed by atoms with Gasteiger partial charge in [0.2, 0.25) is 0 Å². The van der Waals surface area contributed by atoms with Gasteiger partial charge in [-0.15, -0.1) is 0 Å². The number of H-pyrrole nitrogens is 2. The fourth-order valence-electron chi connectivity index (χ4n) is 11.5. The summed E-state index contributed by atoms with van der Waals surface area (Å²) in [6.07, 6.45) is 3.20. The van der Waals surface area contributed by atoms with Crippen LogP contribution in [0.1, 0.15) is 125 Å². The van der Waals surface area contributed by atoms with Gasteiger partial charge in [0.25, 0.3) is 11.6 Å². The Hall–Kier alpha value is -8.29. The molecule has 0 aliphatic carbocycles. The van der Waals surface area contributed by atoms with E-state index in [1.54, 1.807) is 38.7 Å². The zero-order valence-corrected chi connectivity index (χ0v) is 59.5. The maximum absolute atomic E-state index is 13.3. The van der Waals surface area contributed by atoms with Crippen LogP contribution in [0, 0.1) is 48.3 Å². The lowest BCUT2D eigenvalue weighted by Crippen LogP contribution is -2.41. The van der Waals surface area contributed by atoms with E-state index in [-0.39, 0.29) is 25.4 Å². The van der Waals surface area contributed by atoms with Gasteiger partial charge in [-0.05, 0) is 140 Å². The van der Waals surface area contributed by atoms with Crippen LogP contribution in [-0.2, 0) is 51.5 Å². The van der Waals surface area contributed by atoms with Crippen molar-refractivity contribution in [3.63, 3.8) is 0 Å². The first kappa shape index (κ1) is 71.2. The van der Waals surface area contributed by atoms with Gasteiger partial charge in [-0.2, -0.15) is 10.5 Å². The first-order chi connectivity index (χ1) is 43.2. The van der Waals surface area contributed by atoms with Crippen LogP contribution >= 0.6 is 0 Å². The number of imidazole rings is 2. The van der Waals surface area contributed by atoms with Gasteiger partial charge < -0.3 is 37.9 Å². The number of aryl methyl sites for hydroxylation is 2. The highest BCUT2D eigenvalue weighted by atomic mass is 28.3. The molecule has 92 heavy (non-hydrogen) atoms. The average molecular weight is 1300 g/mol. The second kappa shape index (κ2) is 29.1. The molecule has 492 valence electrons. The molecule has 0 fully saturated rings. The molecule has 2 N–H and O–H groups in total. The Balaban J connectivity index is 0.000000261. The molecule has 8 rings (SSSR count). The summed E-state index contributed by atoms with van der Waals surface area (Å²) in [5.74, 6) is 0.315. The average Bonchev–Trinajstić information content (AvgIpc) is 1.58. The van der Waals surface area contributed by atoms with Gasteiger partial charge in [-0.3, -0.25) is 18.7 Å². The molecule has 22 heteroatoms. The number of rotatable bonds is 22. The molecular weight excluding hydrogens is 1200 g/mol. The van der Waals surface area contributed by atoms with E-state index in [0.717, 1.165) is 78.8 Å². The molecule has 20 nitrogen and oxygen atoms in total. The Bertz CT molecular complexity index is 3950. The predicted molar refractivity (Wildman–Crippen MR) is 360 cm³/mol. The van der Waals surface area contributed by atoms with Crippen molar-refractivity contribution >= 4 is 84.1 Å². The van der Waals surface area contributed by atoms with Crippen LogP contribution in [0.2, 0.25) is 51.4 Å². The standard InChI is InChI=1S/2C35H46N4O6Si/c1-22-18-29(42-6)30(25-13-14-38(31(22)25)34(41)45-35(3,4)5)26(17-23(2)33(40)43-7)32-37-27-19-24(20-36)11-12-28(27)39(32)21-44-15-16-46(8,9)10;1-22-18-29(42-6)30(25-13-14-38(31(22)25)34(41)45-35(3,4)5)26(17-23(2)33(40)43-7)32-37-27-12-11-24(20-36)19-28(27)39(32)21-44-15-16-46(8,9)10/h2*11-14,18-19,23,26H,15-17,21H2,1-10H3/p+2. The Morgan fingerprint density at radius 3 is 1.36 bits per heavy atom. The summed E-state index contributed by atoms with van der Waals surface area (Å²) in [5, 5.41) is 21.0. The predicted octanol–water partition coefficient (Wildman–Crippen LogP) is 14.1.